The second kappa shape index (κ2) is 7.21. The van der Waals surface area contributed by atoms with Crippen molar-refractivity contribution in [2.75, 3.05) is 25.0 Å². The van der Waals surface area contributed by atoms with E-state index in [0.717, 1.165) is 54.1 Å². The molecule has 1 saturated heterocycles. The number of rotatable bonds is 4. The fourth-order valence-corrected chi connectivity index (χ4v) is 3.39. The van der Waals surface area contributed by atoms with Gasteiger partial charge in [0.25, 0.3) is 0 Å². The molecule has 1 aliphatic carbocycles. The van der Waals surface area contributed by atoms with E-state index in [4.69, 9.17) is 4.74 Å². The van der Waals surface area contributed by atoms with Crippen LogP contribution >= 0.6 is 0 Å². The molecule has 0 spiro atoms. The van der Waals surface area contributed by atoms with Crippen molar-refractivity contribution in [3.63, 3.8) is 0 Å². The van der Waals surface area contributed by atoms with Crippen LogP contribution in [0.15, 0.2) is 42.7 Å². The highest BCUT2D eigenvalue weighted by Crippen LogP contribution is 2.28. The number of amides is 2. The maximum Gasteiger partial charge on any atom is 0.319 e. The smallest absolute Gasteiger partial charge is 0.319 e. The van der Waals surface area contributed by atoms with Gasteiger partial charge in [-0.05, 0) is 31.0 Å². The molecule has 1 saturated carbocycles. The number of ether oxygens (including phenoxy) is 1. The lowest BCUT2D eigenvalue weighted by molar-refractivity contribution is 0.0282. The Morgan fingerprint density at radius 2 is 2.11 bits per heavy atom. The highest BCUT2D eigenvalue weighted by molar-refractivity contribution is 5.89. The van der Waals surface area contributed by atoms with Gasteiger partial charge in [0.05, 0.1) is 18.4 Å². The Labute approximate surface area is 162 Å². The third-order valence-electron chi connectivity index (χ3n) is 5.01. The minimum Gasteiger partial charge on any atom is -0.371 e. The van der Waals surface area contributed by atoms with Gasteiger partial charge in [-0.15, -0.1) is 0 Å². The summed E-state index contributed by atoms with van der Waals surface area (Å²) >= 11 is 0. The second-order valence-electron chi connectivity index (χ2n) is 7.19. The van der Waals surface area contributed by atoms with Crippen LogP contribution in [0.3, 0.4) is 0 Å². The quantitative estimate of drug-likeness (QED) is 0.648. The number of morpholine rings is 1. The van der Waals surface area contributed by atoms with Gasteiger partial charge in [-0.25, -0.2) is 14.3 Å². The van der Waals surface area contributed by atoms with Crippen LogP contribution < -0.4 is 16.0 Å². The van der Waals surface area contributed by atoms with Crippen LogP contribution in [-0.2, 0) is 4.74 Å². The fourth-order valence-electron chi connectivity index (χ4n) is 3.39. The first-order chi connectivity index (χ1) is 13.8. The molecular weight excluding hydrogens is 356 g/mol. The van der Waals surface area contributed by atoms with E-state index in [1.165, 1.54) is 0 Å². The molecule has 2 amide bonds. The Morgan fingerprint density at radius 3 is 2.86 bits per heavy atom. The molecule has 0 bridgehead atoms. The van der Waals surface area contributed by atoms with E-state index in [2.05, 4.69) is 26.0 Å². The van der Waals surface area contributed by atoms with E-state index in [9.17, 15) is 4.79 Å². The third-order valence-corrected chi connectivity index (χ3v) is 5.01. The molecule has 2 aliphatic rings. The number of nitrogens with one attached hydrogen (secondary N) is 3. The number of carbonyl (C=O) groups excluding carboxylic acids is 1. The maximum absolute atomic E-state index is 11.9. The Balaban J connectivity index is 1.41. The van der Waals surface area contributed by atoms with E-state index in [0.29, 0.717) is 12.6 Å². The van der Waals surface area contributed by atoms with Crippen molar-refractivity contribution in [2.45, 2.75) is 25.0 Å². The number of hydrogen-bond acceptors (Lipinski definition) is 5. The number of benzene rings is 1. The number of urea groups is 1. The number of aromatic nitrogens is 3. The number of carbonyl (C=O) groups is 1. The minimum atomic E-state index is -0.155. The molecule has 3 heterocycles. The van der Waals surface area contributed by atoms with Crippen LogP contribution in [0.1, 0.15) is 24.5 Å². The SMILES string of the molecule is O=C(Nc1ccc(-c2cc(C3CNCCO3)c3nccn3n2)cc1)NC1CC1. The predicted octanol–water partition coefficient (Wildman–Crippen LogP) is 2.34. The van der Waals surface area contributed by atoms with Gasteiger partial charge in [-0.1, -0.05) is 12.1 Å². The summed E-state index contributed by atoms with van der Waals surface area (Å²) in [5.74, 6) is 0. The number of imidazole rings is 1. The molecule has 1 atom stereocenters. The molecule has 1 aromatic carbocycles. The van der Waals surface area contributed by atoms with Gasteiger partial charge in [0.15, 0.2) is 5.65 Å². The fraction of sp³-hybridized carbons (Fsp3) is 0.350. The van der Waals surface area contributed by atoms with Crippen molar-refractivity contribution in [1.82, 2.24) is 25.2 Å². The van der Waals surface area contributed by atoms with Gasteiger partial charge in [0, 0.05) is 48.3 Å². The molecule has 144 valence electrons. The lowest BCUT2D eigenvalue weighted by Crippen LogP contribution is -2.33. The molecule has 1 unspecified atom stereocenters. The Morgan fingerprint density at radius 1 is 1.25 bits per heavy atom. The van der Waals surface area contributed by atoms with Gasteiger partial charge < -0.3 is 20.7 Å². The van der Waals surface area contributed by atoms with Crippen molar-refractivity contribution in [3.05, 3.63) is 48.3 Å². The van der Waals surface area contributed by atoms with Crippen LogP contribution in [0.5, 0.6) is 0 Å². The number of fused-ring (bicyclic) bond motifs is 1. The van der Waals surface area contributed by atoms with Crippen LogP contribution in [0, 0.1) is 0 Å². The van der Waals surface area contributed by atoms with E-state index < -0.39 is 0 Å². The van der Waals surface area contributed by atoms with Gasteiger partial charge in [0.2, 0.25) is 0 Å². The molecule has 3 N–H and O–H groups in total. The molecule has 2 fully saturated rings. The zero-order chi connectivity index (χ0) is 18.9. The first-order valence-electron chi connectivity index (χ1n) is 9.61. The van der Waals surface area contributed by atoms with Crippen LogP contribution in [0.2, 0.25) is 0 Å². The standard InChI is InChI=1S/C20H22N6O2/c27-20(24-15-5-6-15)23-14-3-1-13(2-4-14)17-11-16(18-12-21-8-10-28-18)19-22-7-9-26(19)25-17/h1-4,7,9,11,15,18,21H,5-6,8,10,12H2,(H2,23,24,27). The first kappa shape index (κ1) is 17.2. The van der Waals surface area contributed by atoms with Crippen LogP contribution in [0.25, 0.3) is 16.9 Å². The van der Waals surface area contributed by atoms with Gasteiger partial charge in [0.1, 0.15) is 0 Å². The van der Waals surface area contributed by atoms with Crippen LogP contribution in [0.4, 0.5) is 10.5 Å². The topological polar surface area (TPSA) is 92.6 Å². The summed E-state index contributed by atoms with van der Waals surface area (Å²) < 4.78 is 7.72. The molecule has 8 nitrogen and oxygen atoms in total. The molecule has 28 heavy (non-hydrogen) atoms. The molecule has 0 radical (unpaired) electrons. The molecule has 5 rings (SSSR count). The average Bonchev–Trinajstić information content (AvgIpc) is 3.40. The van der Waals surface area contributed by atoms with E-state index in [1.54, 1.807) is 10.7 Å². The zero-order valence-electron chi connectivity index (χ0n) is 15.4. The second-order valence-corrected chi connectivity index (χ2v) is 7.19. The van der Waals surface area contributed by atoms with Crippen molar-refractivity contribution < 1.29 is 9.53 Å². The van der Waals surface area contributed by atoms with Crippen molar-refractivity contribution >= 4 is 17.4 Å². The molecule has 8 heteroatoms. The van der Waals surface area contributed by atoms with E-state index >= 15 is 0 Å². The van der Waals surface area contributed by atoms with E-state index in [-0.39, 0.29) is 12.1 Å². The monoisotopic (exact) mass is 378 g/mol. The first-order valence-corrected chi connectivity index (χ1v) is 9.61. The molecule has 2 aromatic heterocycles. The van der Waals surface area contributed by atoms with Crippen LogP contribution in [-0.4, -0.2) is 46.4 Å². The normalized spacial score (nSPS) is 19.5. The summed E-state index contributed by atoms with van der Waals surface area (Å²) in [5, 5.41) is 13.8. The van der Waals surface area contributed by atoms with Gasteiger partial charge in [-0.3, -0.25) is 0 Å². The molecule has 1 aliphatic heterocycles. The lowest BCUT2D eigenvalue weighted by Gasteiger charge is -2.24. The third kappa shape index (κ3) is 3.56. The predicted molar refractivity (Wildman–Crippen MR) is 105 cm³/mol. The molecule has 3 aromatic rings. The Hall–Kier alpha value is -2.97. The summed E-state index contributed by atoms with van der Waals surface area (Å²) in [6.07, 6.45) is 5.68. The number of hydrogen-bond donors (Lipinski definition) is 3. The van der Waals surface area contributed by atoms with Crippen molar-refractivity contribution in [3.8, 4) is 11.3 Å². The maximum atomic E-state index is 11.9. The van der Waals surface area contributed by atoms with Crippen molar-refractivity contribution in [2.24, 2.45) is 0 Å². The molecular formula is C20H22N6O2. The minimum absolute atomic E-state index is 0.0486. The number of anilines is 1. The van der Waals surface area contributed by atoms with E-state index in [1.807, 2.05) is 36.5 Å². The summed E-state index contributed by atoms with van der Waals surface area (Å²) in [5.41, 5.74) is 4.39. The summed E-state index contributed by atoms with van der Waals surface area (Å²) in [6, 6.07) is 9.92. The zero-order valence-corrected chi connectivity index (χ0v) is 15.4. The van der Waals surface area contributed by atoms with Gasteiger partial charge >= 0.3 is 6.03 Å². The number of nitrogens with zero attached hydrogens (tertiary/aromatic N) is 3. The van der Waals surface area contributed by atoms with Crippen molar-refractivity contribution in [1.29, 1.82) is 0 Å². The Bertz CT molecular complexity index is 990. The Kier molecular flexibility index (Phi) is 4.42. The van der Waals surface area contributed by atoms with Gasteiger partial charge in [-0.2, -0.15) is 5.10 Å². The average molecular weight is 378 g/mol. The summed E-state index contributed by atoms with van der Waals surface area (Å²) in [4.78, 5) is 16.3. The largest absolute Gasteiger partial charge is 0.371 e. The lowest BCUT2D eigenvalue weighted by atomic mass is 10.1. The summed E-state index contributed by atoms with van der Waals surface area (Å²) in [6.45, 7) is 2.30. The summed E-state index contributed by atoms with van der Waals surface area (Å²) in [7, 11) is 0. The highest BCUT2D eigenvalue weighted by atomic mass is 16.5. The highest BCUT2D eigenvalue weighted by Gasteiger charge is 2.23.